The van der Waals surface area contributed by atoms with Crippen LogP contribution >= 0.6 is 0 Å². The number of carbonyl (C=O) groups is 3. The van der Waals surface area contributed by atoms with Gasteiger partial charge in [0.2, 0.25) is 5.91 Å². The summed E-state index contributed by atoms with van der Waals surface area (Å²) in [5, 5.41) is 5.75. The van der Waals surface area contributed by atoms with E-state index in [0.717, 1.165) is 19.3 Å². The molecule has 2 amide bonds. The summed E-state index contributed by atoms with van der Waals surface area (Å²) in [5.74, 6) is 0.632. The number of carbonyl (C=O) groups excluding carboxylic acids is 3. The van der Waals surface area contributed by atoms with Crippen LogP contribution in [0.2, 0.25) is 0 Å². The van der Waals surface area contributed by atoms with Crippen LogP contribution in [0.1, 0.15) is 55.8 Å². The van der Waals surface area contributed by atoms with E-state index >= 15 is 0 Å². The van der Waals surface area contributed by atoms with Crippen molar-refractivity contribution in [3.63, 3.8) is 0 Å². The van der Waals surface area contributed by atoms with E-state index < -0.39 is 0 Å². The van der Waals surface area contributed by atoms with Gasteiger partial charge in [0.15, 0.2) is 12.4 Å². The molecule has 3 rings (SSSR count). The molecular weight excluding hydrogens is 320 g/mol. The first kappa shape index (κ1) is 17.5. The zero-order valence-electron chi connectivity index (χ0n) is 14.5. The molecule has 2 aliphatic rings. The summed E-state index contributed by atoms with van der Waals surface area (Å²) in [6, 6.07) is 5.17. The Balaban J connectivity index is 1.53. The number of amides is 2. The molecular formula is C19H24N2O4. The highest BCUT2D eigenvalue weighted by Gasteiger charge is 2.23. The number of ether oxygens (including phenoxy) is 1. The lowest BCUT2D eigenvalue weighted by Gasteiger charge is -2.29. The molecule has 0 spiro atoms. The number of rotatable bonds is 5. The third kappa shape index (κ3) is 4.38. The van der Waals surface area contributed by atoms with Crippen molar-refractivity contribution in [1.29, 1.82) is 0 Å². The van der Waals surface area contributed by atoms with Gasteiger partial charge in [-0.1, -0.05) is 19.8 Å². The van der Waals surface area contributed by atoms with Crippen molar-refractivity contribution in [2.24, 2.45) is 5.92 Å². The smallest absolute Gasteiger partial charge is 0.262 e. The maximum absolute atomic E-state index is 12.3. The molecule has 2 atom stereocenters. The third-order valence-electron chi connectivity index (χ3n) is 4.97. The molecule has 0 radical (unpaired) electrons. The summed E-state index contributed by atoms with van der Waals surface area (Å²) < 4.78 is 5.28. The van der Waals surface area contributed by atoms with Gasteiger partial charge >= 0.3 is 0 Å². The summed E-state index contributed by atoms with van der Waals surface area (Å²) in [7, 11) is 0. The first-order chi connectivity index (χ1) is 12.0. The molecule has 1 fully saturated rings. The SMILES string of the molecule is CC1CCCCC1NC(=O)CCC(=O)c1ccc2c(c1)NC(=O)CO2. The molecule has 6 nitrogen and oxygen atoms in total. The first-order valence-corrected chi connectivity index (χ1v) is 8.92. The molecule has 2 N–H and O–H groups in total. The van der Waals surface area contributed by atoms with Gasteiger partial charge in [0.05, 0.1) is 5.69 Å². The highest BCUT2D eigenvalue weighted by atomic mass is 16.5. The Morgan fingerprint density at radius 3 is 2.84 bits per heavy atom. The molecule has 6 heteroatoms. The van der Waals surface area contributed by atoms with Crippen molar-refractivity contribution in [1.82, 2.24) is 5.32 Å². The number of anilines is 1. The van der Waals surface area contributed by atoms with E-state index in [2.05, 4.69) is 17.6 Å². The van der Waals surface area contributed by atoms with Crippen LogP contribution < -0.4 is 15.4 Å². The van der Waals surface area contributed by atoms with E-state index in [-0.39, 0.29) is 43.1 Å². The van der Waals surface area contributed by atoms with Crippen LogP contribution in [-0.2, 0) is 9.59 Å². The Kier molecular flexibility index (Phi) is 5.36. The molecule has 2 unspecified atom stereocenters. The predicted molar refractivity (Wildman–Crippen MR) is 93.7 cm³/mol. The molecule has 1 aliphatic heterocycles. The average Bonchev–Trinajstić information content (AvgIpc) is 2.61. The Morgan fingerprint density at radius 1 is 1.24 bits per heavy atom. The summed E-state index contributed by atoms with van der Waals surface area (Å²) in [6.45, 7) is 2.15. The van der Waals surface area contributed by atoms with Gasteiger partial charge in [0.1, 0.15) is 5.75 Å². The van der Waals surface area contributed by atoms with Gasteiger partial charge in [-0.25, -0.2) is 0 Å². The van der Waals surface area contributed by atoms with E-state index in [1.165, 1.54) is 6.42 Å². The molecule has 1 aromatic carbocycles. The zero-order chi connectivity index (χ0) is 17.8. The van der Waals surface area contributed by atoms with Crippen LogP contribution in [0, 0.1) is 5.92 Å². The number of hydrogen-bond acceptors (Lipinski definition) is 4. The largest absolute Gasteiger partial charge is 0.482 e. The highest BCUT2D eigenvalue weighted by Crippen LogP contribution is 2.29. The second-order valence-corrected chi connectivity index (χ2v) is 6.91. The minimum atomic E-state index is -0.238. The number of hydrogen-bond donors (Lipinski definition) is 2. The number of ketones is 1. The first-order valence-electron chi connectivity index (χ1n) is 8.92. The maximum Gasteiger partial charge on any atom is 0.262 e. The maximum atomic E-state index is 12.3. The van der Waals surface area contributed by atoms with Crippen LogP contribution in [0.15, 0.2) is 18.2 Å². The normalized spacial score (nSPS) is 22.4. The zero-order valence-corrected chi connectivity index (χ0v) is 14.5. The fourth-order valence-electron chi connectivity index (χ4n) is 3.44. The van der Waals surface area contributed by atoms with Gasteiger partial charge in [-0.3, -0.25) is 14.4 Å². The van der Waals surface area contributed by atoms with Gasteiger partial charge in [-0.05, 0) is 37.0 Å². The summed E-state index contributed by atoms with van der Waals surface area (Å²) >= 11 is 0. The van der Waals surface area contributed by atoms with E-state index in [0.29, 0.717) is 22.9 Å². The Bertz CT molecular complexity index is 686. The minimum Gasteiger partial charge on any atom is -0.482 e. The van der Waals surface area contributed by atoms with Crippen LogP contribution in [0.4, 0.5) is 5.69 Å². The lowest BCUT2D eigenvalue weighted by atomic mass is 9.86. The van der Waals surface area contributed by atoms with Gasteiger partial charge in [0, 0.05) is 24.4 Å². The molecule has 25 heavy (non-hydrogen) atoms. The third-order valence-corrected chi connectivity index (χ3v) is 4.97. The average molecular weight is 344 g/mol. The van der Waals surface area contributed by atoms with E-state index in [4.69, 9.17) is 4.74 Å². The van der Waals surface area contributed by atoms with Crippen molar-refractivity contribution >= 4 is 23.3 Å². The molecule has 0 aromatic heterocycles. The molecule has 0 saturated heterocycles. The van der Waals surface area contributed by atoms with Crippen LogP contribution in [0.25, 0.3) is 0 Å². The summed E-state index contributed by atoms with van der Waals surface area (Å²) in [4.78, 5) is 35.8. The van der Waals surface area contributed by atoms with Crippen molar-refractivity contribution < 1.29 is 19.1 Å². The fraction of sp³-hybridized carbons (Fsp3) is 0.526. The quantitative estimate of drug-likeness (QED) is 0.804. The van der Waals surface area contributed by atoms with E-state index in [1.807, 2.05) is 0 Å². The summed E-state index contributed by atoms with van der Waals surface area (Å²) in [6.07, 6.45) is 4.88. The molecule has 1 heterocycles. The lowest BCUT2D eigenvalue weighted by Crippen LogP contribution is -2.41. The van der Waals surface area contributed by atoms with Crippen LogP contribution in [0.3, 0.4) is 0 Å². The second kappa shape index (κ2) is 7.68. The summed E-state index contributed by atoms with van der Waals surface area (Å²) in [5.41, 5.74) is 0.978. The second-order valence-electron chi connectivity index (χ2n) is 6.91. The van der Waals surface area contributed by atoms with E-state index in [9.17, 15) is 14.4 Å². The van der Waals surface area contributed by atoms with Crippen LogP contribution in [0.5, 0.6) is 5.75 Å². The minimum absolute atomic E-state index is 0.0138. The van der Waals surface area contributed by atoms with Gasteiger partial charge < -0.3 is 15.4 Å². The fourth-order valence-corrected chi connectivity index (χ4v) is 3.44. The highest BCUT2D eigenvalue weighted by molar-refractivity contribution is 6.01. The van der Waals surface area contributed by atoms with Crippen molar-refractivity contribution in [3.8, 4) is 5.75 Å². The predicted octanol–water partition coefficient (Wildman–Crippen LogP) is 2.68. The van der Waals surface area contributed by atoms with Crippen molar-refractivity contribution in [2.45, 2.75) is 51.5 Å². The number of nitrogens with one attached hydrogen (secondary N) is 2. The number of Topliss-reactive ketones (excluding diaryl/α,β-unsaturated/α-hetero) is 1. The Hall–Kier alpha value is -2.37. The van der Waals surface area contributed by atoms with Crippen molar-refractivity contribution in [3.05, 3.63) is 23.8 Å². The molecule has 1 aromatic rings. The van der Waals surface area contributed by atoms with Crippen LogP contribution in [-0.4, -0.2) is 30.2 Å². The topological polar surface area (TPSA) is 84.5 Å². The monoisotopic (exact) mass is 344 g/mol. The lowest BCUT2D eigenvalue weighted by molar-refractivity contribution is -0.122. The Morgan fingerprint density at radius 2 is 2.04 bits per heavy atom. The van der Waals surface area contributed by atoms with Gasteiger partial charge in [-0.2, -0.15) is 0 Å². The Labute approximate surface area is 147 Å². The standard InChI is InChI=1S/C19H24N2O4/c1-12-4-2-3-5-14(12)20-18(23)9-7-16(22)13-6-8-17-15(10-13)21-19(24)11-25-17/h6,8,10,12,14H,2-5,7,9,11H2,1H3,(H,20,23)(H,21,24). The van der Waals surface area contributed by atoms with Crippen molar-refractivity contribution in [2.75, 3.05) is 11.9 Å². The van der Waals surface area contributed by atoms with Gasteiger partial charge in [-0.15, -0.1) is 0 Å². The molecule has 1 aliphatic carbocycles. The van der Waals surface area contributed by atoms with Gasteiger partial charge in [0.25, 0.3) is 5.91 Å². The number of benzene rings is 1. The molecule has 1 saturated carbocycles. The molecule has 134 valence electrons. The van der Waals surface area contributed by atoms with E-state index in [1.54, 1.807) is 18.2 Å². The molecule has 0 bridgehead atoms. The number of fused-ring (bicyclic) bond motifs is 1.